The second kappa shape index (κ2) is 18.5. The maximum absolute atomic E-state index is 11.9. The van der Waals surface area contributed by atoms with Gasteiger partial charge in [0.1, 0.15) is 0 Å². The second-order valence-electron chi connectivity index (χ2n) is 7.19. The molecule has 0 saturated carbocycles. The van der Waals surface area contributed by atoms with Crippen molar-refractivity contribution in [1.82, 2.24) is 5.32 Å². The lowest BCUT2D eigenvalue weighted by molar-refractivity contribution is -0.118. The van der Waals surface area contributed by atoms with E-state index in [4.69, 9.17) is 0 Å². The molecule has 0 aliphatic rings. The second-order valence-corrected chi connectivity index (χ2v) is 7.19. The highest BCUT2D eigenvalue weighted by Gasteiger charge is 2.25. The molecule has 0 aromatic rings. The Balaban J connectivity index is 4.01. The molecule has 0 aliphatic carbocycles. The van der Waals surface area contributed by atoms with Crippen molar-refractivity contribution in [2.45, 2.75) is 84.2 Å². The summed E-state index contributed by atoms with van der Waals surface area (Å²) in [6.45, 7) is 6.67. The summed E-state index contributed by atoms with van der Waals surface area (Å²) in [6, 6.07) is 0. The zero-order valence-electron chi connectivity index (χ0n) is 18.2. The van der Waals surface area contributed by atoms with E-state index >= 15 is 0 Å². The summed E-state index contributed by atoms with van der Waals surface area (Å²) in [6.07, 6.45) is 28.3. The van der Waals surface area contributed by atoms with Crippen LogP contribution in [0.15, 0.2) is 60.8 Å². The van der Waals surface area contributed by atoms with Crippen LogP contribution in [-0.4, -0.2) is 23.2 Å². The van der Waals surface area contributed by atoms with Gasteiger partial charge in [-0.15, -0.1) is 0 Å². The monoisotopic (exact) mass is 387 g/mol. The van der Waals surface area contributed by atoms with E-state index in [1.54, 1.807) is 6.08 Å². The van der Waals surface area contributed by atoms with E-state index < -0.39 is 5.60 Å². The fraction of sp³-hybridized carbons (Fsp3) is 0.560. The van der Waals surface area contributed by atoms with Gasteiger partial charge in [-0.05, 0) is 38.2 Å². The van der Waals surface area contributed by atoms with Crippen molar-refractivity contribution in [3.63, 3.8) is 0 Å². The quantitative estimate of drug-likeness (QED) is 0.189. The van der Waals surface area contributed by atoms with Crippen LogP contribution in [0.2, 0.25) is 0 Å². The average molecular weight is 388 g/mol. The summed E-state index contributed by atoms with van der Waals surface area (Å²) in [5.74, 6) is -0.129. The predicted molar refractivity (Wildman–Crippen MR) is 122 cm³/mol. The maximum atomic E-state index is 11.9. The zero-order chi connectivity index (χ0) is 20.9. The summed E-state index contributed by atoms with van der Waals surface area (Å²) in [5, 5.41) is 13.5. The van der Waals surface area contributed by atoms with Gasteiger partial charge in [-0.25, -0.2) is 0 Å². The third-order valence-corrected chi connectivity index (χ3v) is 4.36. The Kier molecular flexibility index (Phi) is 17.3. The van der Waals surface area contributed by atoms with Crippen molar-refractivity contribution in [1.29, 1.82) is 0 Å². The van der Waals surface area contributed by atoms with Crippen LogP contribution in [0.25, 0.3) is 0 Å². The molecule has 2 N–H and O–H groups in total. The molecule has 1 amide bonds. The van der Waals surface area contributed by atoms with Gasteiger partial charge >= 0.3 is 0 Å². The fourth-order valence-electron chi connectivity index (χ4n) is 2.74. The Hall–Kier alpha value is -1.87. The Bertz CT molecular complexity index is 529. The van der Waals surface area contributed by atoms with E-state index in [2.05, 4.69) is 44.3 Å². The smallest absolute Gasteiger partial charge is 0.243 e. The van der Waals surface area contributed by atoms with Gasteiger partial charge in [0, 0.05) is 6.54 Å². The Morgan fingerprint density at radius 3 is 2.00 bits per heavy atom. The zero-order valence-corrected chi connectivity index (χ0v) is 18.2. The minimum atomic E-state index is -0.774. The molecule has 0 fully saturated rings. The van der Waals surface area contributed by atoms with Gasteiger partial charge in [0.2, 0.25) is 5.91 Å². The predicted octanol–water partition coefficient (Wildman–Crippen LogP) is 6.19. The molecule has 3 nitrogen and oxygen atoms in total. The number of amides is 1. The number of aliphatic hydroxyl groups is 1. The standard InChI is InChI=1S/C25H41NO2/c1-4-7-9-10-11-12-13-14-15-16-17-18-19-20-24(27)26-23-25(28,21-6-3)22-8-5-2/h9-16,19-20,28H,4-8,17-18,21-23H2,1-3H3,(H,26,27). The molecule has 0 aliphatic heterocycles. The maximum Gasteiger partial charge on any atom is 0.243 e. The molecule has 158 valence electrons. The summed E-state index contributed by atoms with van der Waals surface area (Å²) in [5.41, 5.74) is -0.774. The van der Waals surface area contributed by atoms with Crippen LogP contribution in [0.5, 0.6) is 0 Å². The van der Waals surface area contributed by atoms with E-state index in [1.807, 2.05) is 36.5 Å². The molecule has 1 unspecified atom stereocenters. The molecule has 0 radical (unpaired) electrons. The van der Waals surface area contributed by atoms with Crippen LogP contribution >= 0.6 is 0 Å². The highest BCUT2D eigenvalue weighted by molar-refractivity contribution is 5.87. The number of carbonyl (C=O) groups is 1. The van der Waals surface area contributed by atoms with Crippen molar-refractivity contribution in [3.8, 4) is 0 Å². The summed E-state index contributed by atoms with van der Waals surface area (Å²) < 4.78 is 0. The summed E-state index contributed by atoms with van der Waals surface area (Å²) in [4.78, 5) is 11.9. The molecule has 0 saturated heterocycles. The van der Waals surface area contributed by atoms with Crippen molar-refractivity contribution in [2.75, 3.05) is 6.54 Å². The minimum absolute atomic E-state index is 0.129. The largest absolute Gasteiger partial charge is 0.388 e. The number of hydrogen-bond acceptors (Lipinski definition) is 2. The van der Waals surface area contributed by atoms with Crippen LogP contribution in [0.3, 0.4) is 0 Å². The minimum Gasteiger partial charge on any atom is -0.388 e. The Morgan fingerprint density at radius 1 is 0.786 bits per heavy atom. The van der Waals surface area contributed by atoms with Crippen molar-refractivity contribution in [3.05, 3.63) is 60.8 Å². The third kappa shape index (κ3) is 16.3. The number of rotatable bonds is 16. The van der Waals surface area contributed by atoms with E-state index in [-0.39, 0.29) is 5.91 Å². The molecular formula is C25H41NO2. The van der Waals surface area contributed by atoms with Gasteiger partial charge in [-0.3, -0.25) is 4.79 Å². The van der Waals surface area contributed by atoms with Gasteiger partial charge in [0.25, 0.3) is 0 Å². The van der Waals surface area contributed by atoms with Gasteiger partial charge in [0.05, 0.1) is 5.60 Å². The van der Waals surface area contributed by atoms with Crippen LogP contribution in [0.1, 0.15) is 78.6 Å². The topological polar surface area (TPSA) is 49.3 Å². The first kappa shape index (κ1) is 26.1. The molecule has 1 atom stereocenters. The SMILES string of the molecule is CCCC=CC=CC=CC=CCCC=CC(=O)NCC(O)(CCC)CCCC. The number of unbranched alkanes of at least 4 members (excludes halogenated alkanes) is 3. The molecule has 0 bridgehead atoms. The summed E-state index contributed by atoms with van der Waals surface area (Å²) >= 11 is 0. The fourth-order valence-corrected chi connectivity index (χ4v) is 2.74. The first-order valence-electron chi connectivity index (χ1n) is 10.9. The molecule has 0 spiro atoms. The lowest BCUT2D eigenvalue weighted by atomic mass is 9.91. The van der Waals surface area contributed by atoms with Gasteiger partial charge in [-0.2, -0.15) is 0 Å². The van der Waals surface area contributed by atoms with E-state index in [9.17, 15) is 9.90 Å². The van der Waals surface area contributed by atoms with Crippen LogP contribution in [0, 0.1) is 0 Å². The number of allylic oxidation sites excluding steroid dienone is 9. The number of nitrogens with one attached hydrogen (secondary N) is 1. The molecule has 0 rings (SSSR count). The molecule has 3 heteroatoms. The van der Waals surface area contributed by atoms with Crippen LogP contribution in [0.4, 0.5) is 0 Å². The van der Waals surface area contributed by atoms with E-state index in [1.165, 1.54) is 6.42 Å². The number of hydrogen-bond donors (Lipinski definition) is 2. The van der Waals surface area contributed by atoms with Crippen molar-refractivity contribution >= 4 is 5.91 Å². The summed E-state index contributed by atoms with van der Waals surface area (Å²) in [7, 11) is 0. The van der Waals surface area contributed by atoms with Crippen LogP contribution < -0.4 is 5.32 Å². The Labute approximate surface area is 173 Å². The van der Waals surface area contributed by atoms with Crippen LogP contribution in [-0.2, 0) is 4.79 Å². The Morgan fingerprint density at radius 2 is 1.39 bits per heavy atom. The molecule has 0 aromatic carbocycles. The van der Waals surface area contributed by atoms with E-state index in [0.717, 1.165) is 51.4 Å². The molecule has 0 heterocycles. The average Bonchev–Trinajstić information content (AvgIpc) is 2.69. The molecular weight excluding hydrogens is 346 g/mol. The first-order valence-corrected chi connectivity index (χ1v) is 10.9. The van der Waals surface area contributed by atoms with Crippen molar-refractivity contribution in [2.24, 2.45) is 0 Å². The highest BCUT2D eigenvalue weighted by atomic mass is 16.3. The highest BCUT2D eigenvalue weighted by Crippen LogP contribution is 2.19. The molecule has 0 aromatic heterocycles. The van der Waals surface area contributed by atoms with Gasteiger partial charge in [-0.1, -0.05) is 101 Å². The number of carbonyl (C=O) groups excluding carboxylic acids is 1. The van der Waals surface area contributed by atoms with E-state index in [0.29, 0.717) is 6.54 Å². The third-order valence-electron chi connectivity index (χ3n) is 4.36. The normalized spacial score (nSPS) is 14.9. The van der Waals surface area contributed by atoms with Gasteiger partial charge in [0.15, 0.2) is 0 Å². The van der Waals surface area contributed by atoms with Gasteiger partial charge < -0.3 is 10.4 Å². The lowest BCUT2D eigenvalue weighted by Crippen LogP contribution is -2.42. The van der Waals surface area contributed by atoms with Crippen molar-refractivity contribution < 1.29 is 9.90 Å². The lowest BCUT2D eigenvalue weighted by Gasteiger charge is -2.27. The molecule has 28 heavy (non-hydrogen) atoms. The first-order chi connectivity index (χ1) is 13.6.